The van der Waals surface area contributed by atoms with Crippen molar-refractivity contribution >= 4 is 17.3 Å². The van der Waals surface area contributed by atoms with Crippen molar-refractivity contribution < 1.29 is 14.3 Å². The SMILES string of the molecule is N#Cc1cc(-c2ccnc3[nH]c(C=O)cc23)ccc1OC1CCOCC1. The molecule has 2 aromatic heterocycles. The highest BCUT2D eigenvalue weighted by atomic mass is 16.5. The Kier molecular flexibility index (Phi) is 4.38. The number of aromatic amines is 1. The number of carbonyl (C=O) groups is 1. The molecule has 0 spiro atoms. The van der Waals surface area contributed by atoms with Crippen LogP contribution < -0.4 is 4.74 Å². The van der Waals surface area contributed by atoms with Gasteiger partial charge < -0.3 is 14.5 Å². The topological polar surface area (TPSA) is 88.0 Å². The van der Waals surface area contributed by atoms with Crippen LogP contribution in [-0.2, 0) is 4.74 Å². The van der Waals surface area contributed by atoms with Crippen LogP contribution in [0.3, 0.4) is 0 Å². The third-order valence-corrected chi connectivity index (χ3v) is 4.55. The Bertz CT molecular complexity index is 997. The maximum atomic E-state index is 11.0. The highest BCUT2D eigenvalue weighted by Crippen LogP contribution is 2.32. The van der Waals surface area contributed by atoms with E-state index in [9.17, 15) is 10.1 Å². The number of ether oxygens (including phenoxy) is 2. The van der Waals surface area contributed by atoms with E-state index in [2.05, 4.69) is 16.0 Å². The largest absolute Gasteiger partial charge is 0.489 e. The number of aromatic nitrogens is 2. The number of hydrogen-bond acceptors (Lipinski definition) is 5. The molecule has 1 N–H and O–H groups in total. The summed E-state index contributed by atoms with van der Waals surface area (Å²) in [6.07, 6.45) is 4.18. The minimum atomic E-state index is 0.0779. The number of aldehydes is 1. The third-order valence-electron chi connectivity index (χ3n) is 4.55. The quantitative estimate of drug-likeness (QED) is 0.730. The van der Waals surface area contributed by atoms with Gasteiger partial charge in [0.1, 0.15) is 23.6 Å². The molecular formula is C20H17N3O3. The zero-order chi connectivity index (χ0) is 17.9. The molecule has 0 aliphatic carbocycles. The van der Waals surface area contributed by atoms with Crippen LogP contribution in [0.4, 0.5) is 0 Å². The molecule has 6 nitrogen and oxygen atoms in total. The maximum Gasteiger partial charge on any atom is 0.166 e. The van der Waals surface area contributed by atoms with Crippen molar-refractivity contribution in [3.05, 3.63) is 47.8 Å². The van der Waals surface area contributed by atoms with Gasteiger partial charge in [-0.3, -0.25) is 4.79 Å². The molecule has 1 aliphatic rings. The summed E-state index contributed by atoms with van der Waals surface area (Å²) in [5.74, 6) is 0.594. The highest BCUT2D eigenvalue weighted by molar-refractivity contribution is 5.96. The number of fused-ring (bicyclic) bond motifs is 1. The molecule has 4 rings (SSSR count). The van der Waals surface area contributed by atoms with Crippen molar-refractivity contribution in [2.24, 2.45) is 0 Å². The molecule has 130 valence electrons. The van der Waals surface area contributed by atoms with Crippen molar-refractivity contribution in [1.29, 1.82) is 5.26 Å². The lowest BCUT2D eigenvalue weighted by molar-refractivity contribution is 0.0254. The van der Waals surface area contributed by atoms with Gasteiger partial charge in [-0.15, -0.1) is 0 Å². The number of nitrogens with zero attached hydrogens (tertiary/aromatic N) is 2. The van der Waals surface area contributed by atoms with Gasteiger partial charge in [0.2, 0.25) is 0 Å². The number of hydrogen-bond donors (Lipinski definition) is 1. The van der Waals surface area contributed by atoms with Gasteiger partial charge in [-0.05, 0) is 35.4 Å². The van der Waals surface area contributed by atoms with Crippen LogP contribution in [-0.4, -0.2) is 35.6 Å². The normalized spacial score (nSPS) is 14.9. The van der Waals surface area contributed by atoms with Crippen LogP contribution >= 0.6 is 0 Å². The first-order chi connectivity index (χ1) is 12.8. The van der Waals surface area contributed by atoms with Gasteiger partial charge in [0.15, 0.2) is 6.29 Å². The number of nitriles is 1. The molecule has 3 heterocycles. The standard InChI is InChI=1S/C20H17N3O3/c21-11-14-9-13(1-2-19(14)26-16-4-7-25-8-5-16)17-3-6-22-20-18(17)10-15(12-24)23-20/h1-3,6,9-10,12,16H,4-5,7-8H2,(H,22,23). The van der Waals surface area contributed by atoms with Gasteiger partial charge in [0.25, 0.3) is 0 Å². The van der Waals surface area contributed by atoms with Crippen LogP contribution in [0.1, 0.15) is 28.9 Å². The average Bonchev–Trinajstić information content (AvgIpc) is 3.12. The van der Waals surface area contributed by atoms with E-state index in [0.29, 0.717) is 35.9 Å². The maximum absolute atomic E-state index is 11.0. The fraction of sp³-hybridized carbons (Fsp3) is 0.250. The summed E-state index contributed by atoms with van der Waals surface area (Å²) in [6, 6.07) is 11.4. The fourth-order valence-electron chi connectivity index (χ4n) is 3.22. The zero-order valence-electron chi connectivity index (χ0n) is 14.1. The van der Waals surface area contributed by atoms with E-state index in [1.807, 2.05) is 24.3 Å². The van der Waals surface area contributed by atoms with E-state index >= 15 is 0 Å². The molecule has 3 aromatic rings. The highest BCUT2D eigenvalue weighted by Gasteiger charge is 2.18. The molecule has 26 heavy (non-hydrogen) atoms. The number of carbonyl (C=O) groups excluding carboxylic acids is 1. The first kappa shape index (κ1) is 16.3. The number of pyridine rings is 1. The predicted molar refractivity (Wildman–Crippen MR) is 96.1 cm³/mol. The number of H-pyrrole nitrogens is 1. The lowest BCUT2D eigenvalue weighted by Gasteiger charge is -2.23. The minimum Gasteiger partial charge on any atom is -0.489 e. The molecule has 1 aromatic carbocycles. The molecular weight excluding hydrogens is 330 g/mol. The van der Waals surface area contributed by atoms with Crippen LogP contribution in [0.25, 0.3) is 22.2 Å². The first-order valence-corrected chi connectivity index (χ1v) is 8.50. The smallest absolute Gasteiger partial charge is 0.166 e. The van der Waals surface area contributed by atoms with E-state index in [-0.39, 0.29) is 6.10 Å². The Labute approximate surface area is 150 Å². The van der Waals surface area contributed by atoms with Gasteiger partial charge in [-0.25, -0.2) is 4.98 Å². The van der Waals surface area contributed by atoms with E-state index in [4.69, 9.17) is 9.47 Å². The second-order valence-electron chi connectivity index (χ2n) is 6.22. The van der Waals surface area contributed by atoms with E-state index in [1.54, 1.807) is 12.3 Å². The molecule has 0 radical (unpaired) electrons. The van der Waals surface area contributed by atoms with E-state index in [1.165, 1.54) is 0 Å². The zero-order valence-corrected chi connectivity index (χ0v) is 14.1. The lowest BCUT2D eigenvalue weighted by Crippen LogP contribution is -2.26. The van der Waals surface area contributed by atoms with Gasteiger partial charge in [0.05, 0.1) is 24.5 Å². The van der Waals surface area contributed by atoms with Crippen molar-refractivity contribution in [3.63, 3.8) is 0 Å². The molecule has 0 atom stereocenters. The van der Waals surface area contributed by atoms with Crippen LogP contribution in [0.2, 0.25) is 0 Å². The summed E-state index contributed by atoms with van der Waals surface area (Å²) in [7, 11) is 0. The van der Waals surface area contributed by atoms with E-state index in [0.717, 1.165) is 35.6 Å². The molecule has 0 amide bonds. The molecule has 0 unspecified atom stereocenters. The Morgan fingerprint density at radius 3 is 2.88 bits per heavy atom. The second kappa shape index (κ2) is 6.98. The minimum absolute atomic E-state index is 0.0779. The molecule has 1 aliphatic heterocycles. The second-order valence-corrected chi connectivity index (χ2v) is 6.22. The fourth-order valence-corrected chi connectivity index (χ4v) is 3.22. The summed E-state index contributed by atoms with van der Waals surface area (Å²) in [5.41, 5.74) is 3.40. The Hall–Kier alpha value is -3.17. The molecule has 1 fully saturated rings. The lowest BCUT2D eigenvalue weighted by atomic mass is 10.0. The Balaban J connectivity index is 1.71. The van der Waals surface area contributed by atoms with Crippen molar-refractivity contribution in [2.75, 3.05) is 13.2 Å². The van der Waals surface area contributed by atoms with Gasteiger partial charge in [0, 0.05) is 24.4 Å². The molecule has 0 saturated carbocycles. The molecule has 1 saturated heterocycles. The van der Waals surface area contributed by atoms with Crippen LogP contribution in [0.15, 0.2) is 36.5 Å². The molecule has 6 heteroatoms. The average molecular weight is 347 g/mol. The molecule has 0 bridgehead atoms. The van der Waals surface area contributed by atoms with Crippen LogP contribution in [0, 0.1) is 11.3 Å². The monoisotopic (exact) mass is 347 g/mol. The van der Waals surface area contributed by atoms with Crippen LogP contribution in [0.5, 0.6) is 5.75 Å². The number of nitrogens with one attached hydrogen (secondary N) is 1. The van der Waals surface area contributed by atoms with Gasteiger partial charge >= 0.3 is 0 Å². The summed E-state index contributed by atoms with van der Waals surface area (Å²) < 4.78 is 11.4. The Morgan fingerprint density at radius 2 is 2.12 bits per heavy atom. The predicted octanol–water partition coefficient (Wildman–Crippen LogP) is 3.47. The number of benzene rings is 1. The van der Waals surface area contributed by atoms with Crippen molar-refractivity contribution in [2.45, 2.75) is 18.9 Å². The van der Waals surface area contributed by atoms with Crippen molar-refractivity contribution in [3.8, 4) is 22.9 Å². The van der Waals surface area contributed by atoms with E-state index < -0.39 is 0 Å². The summed E-state index contributed by atoms with van der Waals surface area (Å²) in [4.78, 5) is 18.3. The van der Waals surface area contributed by atoms with Gasteiger partial charge in [-0.2, -0.15) is 5.26 Å². The summed E-state index contributed by atoms with van der Waals surface area (Å²) in [5, 5.41) is 10.4. The van der Waals surface area contributed by atoms with Gasteiger partial charge in [-0.1, -0.05) is 6.07 Å². The summed E-state index contributed by atoms with van der Waals surface area (Å²) in [6.45, 7) is 1.37. The van der Waals surface area contributed by atoms with Crippen molar-refractivity contribution in [1.82, 2.24) is 9.97 Å². The summed E-state index contributed by atoms with van der Waals surface area (Å²) >= 11 is 0. The number of rotatable bonds is 4. The first-order valence-electron chi connectivity index (χ1n) is 8.50. The Morgan fingerprint density at radius 1 is 1.27 bits per heavy atom. The third kappa shape index (κ3) is 3.05.